The number of furan rings is 1. The normalized spacial score (nSPS) is 16.0. The molecule has 2 aromatic carbocycles. The van der Waals surface area contributed by atoms with Crippen LogP contribution < -0.4 is 9.47 Å². The van der Waals surface area contributed by atoms with Crippen molar-refractivity contribution in [2.75, 3.05) is 32.8 Å². The lowest BCUT2D eigenvalue weighted by Crippen LogP contribution is -2.48. The number of rotatable bonds is 6. The minimum Gasteiger partial charge on any atom is -0.493 e. The Morgan fingerprint density at radius 2 is 1.81 bits per heavy atom. The van der Waals surface area contributed by atoms with Crippen LogP contribution >= 0.6 is 0 Å². The number of halogens is 1. The molecular weight excluding hydrogens is 411 g/mol. The van der Waals surface area contributed by atoms with Gasteiger partial charge in [-0.3, -0.25) is 9.69 Å². The fourth-order valence-corrected chi connectivity index (χ4v) is 4.12. The number of piperazine rings is 1. The Morgan fingerprint density at radius 1 is 1.00 bits per heavy atom. The monoisotopic (exact) mass is 436 g/mol. The van der Waals surface area contributed by atoms with Gasteiger partial charge >= 0.3 is 0 Å². The van der Waals surface area contributed by atoms with E-state index < -0.39 is 0 Å². The van der Waals surface area contributed by atoms with Crippen LogP contribution in [-0.2, 0) is 19.6 Å². The minimum absolute atomic E-state index is 0.104. The van der Waals surface area contributed by atoms with E-state index in [1.165, 1.54) is 23.3 Å². The number of hydrogen-bond acceptors (Lipinski definition) is 5. The molecular formula is C25H25FN2O4. The van der Waals surface area contributed by atoms with Gasteiger partial charge in [-0.05, 0) is 53.6 Å². The Kier molecular flexibility index (Phi) is 5.81. The number of hydrogen-bond donors (Lipinski definition) is 0. The summed E-state index contributed by atoms with van der Waals surface area (Å²) in [6.07, 6.45) is 0.978. The van der Waals surface area contributed by atoms with E-state index in [9.17, 15) is 9.18 Å². The van der Waals surface area contributed by atoms with Crippen LogP contribution in [0.25, 0.3) is 0 Å². The summed E-state index contributed by atoms with van der Waals surface area (Å²) in [6.45, 7) is 4.79. The molecule has 1 saturated heterocycles. The van der Waals surface area contributed by atoms with Crippen LogP contribution in [0.3, 0.4) is 0 Å². The highest BCUT2D eigenvalue weighted by molar-refractivity contribution is 5.91. The van der Waals surface area contributed by atoms with E-state index >= 15 is 0 Å². The lowest BCUT2D eigenvalue weighted by atomic mass is 10.1. The summed E-state index contributed by atoms with van der Waals surface area (Å²) in [7, 11) is 0. The highest BCUT2D eigenvalue weighted by atomic mass is 19.1. The topological polar surface area (TPSA) is 55.2 Å². The van der Waals surface area contributed by atoms with E-state index in [-0.39, 0.29) is 18.3 Å². The van der Waals surface area contributed by atoms with Gasteiger partial charge in [0.2, 0.25) is 0 Å². The molecule has 166 valence electrons. The number of ether oxygens (including phenoxy) is 2. The van der Waals surface area contributed by atoms with Gasteiger partial charge in [0.1, 0.15) is 29.7 Å². The second-order valence-electron chi connectivity index (χ2n) is 8.12. The van der Waals surface area contributed by atoms with Gasteiger partial charge in [-0.1, -0.05) is 12.1 Å². The Labute approximate surface area is 186 Å². The number of fused-ring (bicyclic) bond motifs is 1. The molecule has 7 heteroatoms. The predicted octanol–water partition coefficient (Wildman–Crippen LogP) is 3.89. The fraction of sp³-hybridized carbons (Fsp3) is 0.320. The first-order valence-electron chi connectivity index (χ1n) is 10.9. The zero-order chi connectivity index (χ0) is 21.9. The second-order valence-corrected chi connectivity index (χ2v) is 8.12. The van der Waals surface area contributed by atoms with Crippen LogP contribution in [0.15, 0.2) is 59.0 Å². The molecule has 0 spiro atoms. The molecule has 32 heavy (non-hydrogen) atoms. The molecule has 0 aliphatic carbocycles. The van der Waals surface area contributed by atoms with Gasteiger partial charge in [-0.15, -0.1) is 0 Å². The van der Waals surface area contributed by atoms with E-state index in [4.69, 9.17) is 13.9 Å². The van der Waals surface area contributed by atoms with Gasteiger partial charge in [-0.2, -0.15) is 0 Å². The molecule has 0 N–H and O–H groups in total. The maximum atomic E-state index is 13.0. The average molecular weight is 436 g/mol. The Bertz CT molecular complexity index is 1090. The fourth-order valence-electron chi connectivity index (χ4n) is 4.12. The highest BCUT2D eigenvalue weighted by Gasteiger charge is 2.24. The van der Waals surface area contributed by atoms with Gasteiger partial charge < -0.3 is 18.8 Å². The molecule has 0 bridgehead atoms. The van der Waals surface area contributed by atoms with Gasteiger partial charge in [0.05, 0.1) is 6.61 Å². The number of benzene rings is 2. The lowest BCUT2D eigenvalue weighted by molar-refractivity contribution is 0.0594. The maximum Gasteiger partial charge on any atom is 0.289 e. The summed E-state index contributed by atoms with van der Waals surface area (Å²) in [4.78, 5) is 17.0. The van der Waals surface area contributed by atoms with Crippen LogP contribution in [-0.4, -0.2) is 48.5 Å². The summed E-state index contributed by atoms with van der Waals surface area (Å²) < 4.78 is 29.8. The first-order valence-corrected chi connectivity index (χ1v) is 10.9. The molecule has 0 saturated carbocycles. The molecule has 1 amide bonds. The maximum absolute atomic E-state index is 13.0. The van der Waals surface area contributed by atoms with Crippen LogP contribution in [0.4, 0.5) is 4.39 Å². The van der Waals surface area contributed by atoms with Crippen molar-refractivity contribution in [1.82, 2.24) is 9.80 Å². The van der Waals surface area contributed by atoms with Crippen molar-refractivity contribution < 1.29 is 23.1 Å². The van der Waals surface area contributed by atoms with Gasteiger partial charge in [0.15, 0.2) is 5.76 Å². The lowest BCUT2D eigenvalue weighted by Gasteiger charge is -2.34. The SMILES string of the molecule is O=C(c1ccc(COc2ccc(F)cc2)o1)N1CCN(Cc2ccc3c(c2)CCO3)CC1. The third-order valence-corrected chi connectivity index (χ3v) is 5.89. The third kappa shape index (κ3) is 4.62. The van der Waals surface area contributed by atoms with Crippen molar-refractivity contribution in [3.8, 4) is 11.5 Å². The van der Waals surface area contributed by atoms with Crippen LogP contribution in [0.5, 0.6) is 11.5 Å². The minimum atomic E-state index is -0.315. The van der Waals surface area contributed by atoms with Crippen LogP contribution in [0.2, 0.25) is 0 Å². The van der Waals surface area contributed by atoms with Gasteiger partial charge in [-0.25, -0.2) is 4.39 Å². The second kappa shape index (κ2) is 9.04. The Morgan fingerprint density at radius 3 is 2.62 bits per heavy atom. The molecule has 3 aromatic rings. The van der Waals surface area contributed by atoms with Gasteiger partial charge in [0.25, 0.3) is 5.91 Å². The average Bonchev–Trinajstić information content (AvgIpc) is 3.48. The molecule has 0 atom stereocenters. The standard InChI is InChI=1S/C25H25FN2O4/c26-20-2-4-21(5-3-20)31-17-22-6-8-24(32-22)25(29)28-12-10-27(11-13-28)16-18-1-7-23-19(15-18)9-14-30-23/h1-8,15H,9-14,16-17H2. The van der Waals surface area contributed by atoms with E-state index in [0.717, 1.165) is 38.4 Å². The highest BCUT2D eigenvalue weighted by Crippen LogP contribution is 2.26. The molecule has 2 aliphatic heterocycles. The van der Waals surface area contributed by atoms with E-state index in [2.05, 4.69) is 23.1 Å². The Hall–Kier alpha value is -3.32. The van der Waals surface area contributed by atoms with E-state index in [1.807, 2.05) is 4.90 Å². The molecule has 5 rings (SSSR count). The van der Waals surface area contributed by atoms with Crippen LogP contribution in [0.1, 0.15) is 27.4 Å². The molecule has 0 unspecified atom stereocenters. The van der Waals surface area contributed by atoms with Crippen molar-refractivity contribution in [3.05, 3.63) is 83.1 Å². The molecule has 1 fully saturated rings. The molecule has 1 aromatic heterocycles. The summed E-state index contributed by atoms with van der Waals surface area (Å²) in [5.41, 5.74) is 2.57. The first kappa shape index (κ1) is 20.6. The molecule has 6 nitrogen and oxygen atoms in total. The number of carbonyl (C=O) groups excluding carboxylic acids is 1. The summed E-state index contributed by atoms with van der Waals surface area (Å²) in [5, 5.41) is 0. The predicted molar refractivity (Wildman–Crippen MR) is 116 cm³/mol. The van der Waals surface area contributed by atoms with E-state index in [1.54, 1.807) is 24.3 Å². The van der Waals surface area contributed by atoms with Crippen molar-refractivity contribution >= 4 is 5.91 Å². The van der Waals surface area contributed by atoms with Crippen molar-refractivity contribution in [3.63, 3.8) is 0 Å². The summed E-state index contributed by atoms with van der Waals surface area (Å²) in [6, 6.07) is 15.6. The van der Waals surface area contributed by atoms with E-state index in [0.29, 0.717) is 30.4 Å². The largest absolute Gasteiger partial charge is 0.493 e. The first-order chi connectivity index (χ1) is 15.6. The Balaban J connectivity index is 1.11. The summed E-state index contributed by atoms with van der Waals surface area (Å²) in [5.74, 6) is 2.00. The number of amides is 1. The quantitative estimate of drug-likeness (QED) is 0.587. The molecule has 0 radical (unpaired) electrons. The van der Waals surface area contributed by atoms with Gasteiger partial charge in [0, 0.05) is 39.1 Å². The van der Waals surface area contributed by atoms with Crippen molar-refractivity contribution in [2.24, 2.45) is 0 Å². The third-order valence-electron chi connectivity index (χ3n) is 5.89. The summed E-state index contributed by atoms with van der Waals surface area (Å²) >= 11 is 0. The molecule has 3 heterocycles. The molecule has 2 aliphatic rings. The smallest absolute Gasteiger partial charge is 0.289 e. The van der Waals surface area contributed by atoms with Crippen LogP contribution in [0, 0.1) is 5.82 Å². The number of nitrogens with zero attached hydrogens (tertiary/aromatic N) is 2. The van der Waals surface area contributed by atoms with Crippen molar-refractivity contribution in [2.45, 2.75) is 19.6 Å². The van der Waals surface area contributed by atoms with Crippen molar-refractivity contribution in [1.29, 1.82) is 0 Å². The zero-order valence-corrected chi connectivity index (χ0v) is 17.8. The zero-order valence-electron chi connectivity index (χ0n) is 17.8. The number of carbonyl (C=O) groups is 1.